The normalized spacial score (nSPS) is 10.0. The van der Waals surface area contributed by atoms with Crippen molar-refractivity contribution in [2.75, 3.05) is 19.8 Å². The molecule has 0 saturated heterocycles. The number of esters is 3. The minimum absolute atomic E-state index is 0.209. The molecule has 0 bridgehead atoms. The smallest absolute Gasteiger partial charge is 0.326 e. The van der Waals surface area contributed by atoms with Crippen LogP contribution in [0.1, 0.15) is 49.2 Å². The Balaban J connectivity index is 0.000000327. The summed E-state index contributed by atoms with van der Waals surface area (Å²) >= 11 is 0. The first kappa shape index (κ1) is 25.7. The van der Waals surface area contributed by atoms with E-state index in [2.05, 4.69) is 9.97 Å². The Bertz CT molecular complexity index is 851. The summed E-state index contributed by atoms with van der Waals surface area (Å²) in [5.41, 5.74) is 2.95. The van der Waals surface area contributed by atoms with Gasteiger partial charge < -0.3 is 14.2 Å². The molecule has 8 nitrogen and oxygen atoms in total. The van der Waals surface area contributed by atoms with E-state index in [9.17, 15) is 14.4 Å². The van der Waals surface area contributed by atoms with Gasteiger partial charge in [0.25, 0.3) is 0 Å². The van der Waals surface area contributed by atoms with Crippen LogP contribution in [0.25, 0.3) is 0 Å². The Morgan fingerprint density at radius 2 is 1.32 bits per heavy atom. The SMILES string of the molecule is CCOC(=O)C(C(=O)OCC)c1ncccc1C.CCOC(=O)Cc1ncccc1C. The summed E-state index contributed by atoms with van der Waals surface area (Å²) in [6.45, 7) is 9.72. The number of rotatable bonds is 8. The van der Waals surface area contributed by atoms with Crippen molar-refractivity contribution in [2.24, 2.45) is 0 Å². The van der Waals surface area contributed by atoms with Crippen LogP contribution in [-0.2, 0) is 35.0 Å². The van der Waals surface area contributed by atoms with E-state index in [1.165, 1.54) is 6.20 Å². The standard InChI is InChI=1S/C13H17NO4.C10H13NO2/c1-4-17-12(15)10(13(16)18-5-2)11-9(3)7-6-8-14-11;1-3-13-10(12)7-9-8(2)5-4-6-11-9/h6-8,10H,4-5H2,1-3H3;4-6H,3,7H2,1-2H3. The zero-order chi connectivity index (χ0) is 23.2. The summed E-state index contributed by atoms with van der Waals surface area (Å²) in [6.07, 6.45) is 3.48. The number of pyridine rings is 2. The van der Waals surface area contributed by atoms with Gasteiger partial charge in [-0.1, -0.05) is 12.1 Å². The summed E-state index contributed by atoms with van der Waals surface area (Å²) < 4.78 is 14.6. The van der Waals surface area contributed by atoms with Gasteiger partial charge in [-0.05, 0) is 57.9 Å². The number of aromatic nitrogens is 2. The van der Waals surface area contributed by atoms with E-state index < -0.39 is 17.9 Å². The van der Waals surface area contributed by atoms with Gasteiger partial charge in [-0.25, -0.2) is 0 Å². The second kappa shape index (κ2) is 13.8. The predicted octanol–water partition coefficient (Wildman–Crippen LogP) is 3.10. The molecule has 2 rings (SSSR count). The summed E-state index contributed by atoms with van der Waals surface area (Å²) in [7, 11) is 0. The molecule has 2 aromatic rings. The third-order valence-corrected chi connectivity index (χ3v) is 4.10. The maximum absolute atomic E-state index is 11.8. The average molecular weight is 431 g/mol. The van der Waals surface area contributed by atoms with Crippen molar-refractivity contribution in [1.29, 1.82) is 0 Å². The first-order chi connectivity index (χ1) is 14.8. The van der Waals surface area contributed by atoms with E-state index in [4.69, 9.17) is 14.2 Å². The zero-order valence-corrected chi connectivity index (χ0v) is 18.7. The Morgan fingerprint density at radius 1 is 0.806 bits per heavy atom. The highest BCUT2D eigenvalue weighted by atomic mass is 16.6. The van der Waals surface area contributed by atoms with E-state index >= 15 is 0 Å². The van der Waals surface area contributed by atoms with Crippen LogP contribution in [-0.4, -0.2) is 47.7 Å². The number of carbonyl (C=O) groups is 3. The summed E-state index contributed by atoms with van der Waals surface area (Å²) in [4.78, 5) is 43.0. The molecule has 0 spiro atoms. The first-order valence-electron chi connectivity index (χ1n) is 10.2. The van der Waals surface area contributed by atoms with Crippen LogP contribution in [0, 0.1) is 13.8 Å². The predicted molar refractivity (Wildman–Crippen MR) is 114 cm³/mol. The van der Waals surface area contributed by atoms with E-state index in [0.717, 1.165) is 16.8 Å². The Labute approximate surface area is 183 Å². The highest BCUT2D eigenvalue weighted by Crippen LogP contribution is 2.20. The monoisotopic (exact) mass is 430 g/mol. The molecule has 0 N–H and O–H groups in total. The Morgan fingerprint density at radius 3 is 1.81 bits per heavy atom. The molecule has 0 aliphatic heterocycles. The van der Waals surface area contributed by atoms with E-state index in [1.54, 1.807) is 46.0 Å². The lowest BCUT2D eigenvalue weighted by atomic mass is 10.0. The zero-order valence-electron chi connectivity index (χ0n) is 18.7. The van der Waals surface area contributed by atoms with Crippen LogP contribution in [0.15, 0.2) is 36.7 Å². The van der Waals surface area contributed by atoms with Gasteiger partial charge in [0.15, 0.2) is 5.92 Å². The van der Waals surface area contributed by atoms with Gasteiger partial charge in [0.05, 0.1) is 37.6 Å². The fraction of sp³-hybridized carbons (Fsp3) is 0.435. The molecule has 168 valence electrons. The lowest BCUT2D eigenvalue weighted by molar-refractivity contribution is -0.157. The average Bonchev–Trinajstić information content (AvgIpc) is 2.72. The third-order valence-electron chi connectivity index (χ3n) is 4.10. The maximum atomic E-state index is 11.8. The van der Waals surface area contributed by atoms with Gasteiger partial charge in [-0.2, -0.15) is 0 Å². The molecule has 0 radical (unpaired) electrons. The summed E-state index contributed by atoms with van der Waals surface area (Å²) in [6, 6.07) is 7.31. The van der Waals surface area contributed by atoms with E-state index in [1.807, 2.05) is 19.1 Å². The highest BCUT2D eigenvalue weighted by molar-refractivity contribution is 6.00. The quantitative estimate of drug-likeness (QED) is 0.357. The number of hydrogen-bond acceptors (Lipinski definition) is 8. The van der Waals surface area contributed by atoms with Crippen LogP contribution in [0.3, 0.4) is 0 Å². The topological polar surface area (TPSA) is 105 Å². The Kier molecular flexibility index (Phi) is 11.5. The molecule has 0 amide bonds. The van der Waals surface area contributed by atoms with Gasteiger partial charge in [0.1, 0.15) is 0 Å². The largest absolute Gasteiger partial charge is 0.466 e. The van der Waals surface area contributed by atoms with Crippen molar-refractivity contribution in [3.05, 3.63) is 59.2 Å². The minimum Gasteiger partial charge on any atom is -0.466 e. The molecule has 2 heterocycles. The van der Waals surface area contributed by atoms with Gasteiger partial charge in [0, 0.05) is 12.4 Å². The Hall–Kier alpha value is -3.29. The first-order valence-corrected chi connectivity index (χ1v) is 10.2. The molecule has 8 heteroatoms. The van der Waals surface area contributed by atoms with Crippen molar-refractivity contribution in [2.45, 2.75) is 47.0 Å². The third kappa shape index (κ3) is 8.54. The number of carbonyl (C=O) groups excluding carboxylic acids is 3. The van der Waals surface area contributed by atoms with Gasteiger partial charge in [-0.15, -0.1) is 0 Å². The van der Waals surface area contributed by atoms with E-state index in [-0.39, 0.29) is 25.6 Å². The molecule has 2 aromatic heterocycles. The highest BCUT2D eigenvalue weighted by Gasteiger charge is 2.33. The van der Waals surface area contributed by atoms with Crippen LogP contribution in [0.4, 0.5) is 0 Å². The number of aryl methyl sites for hydroxylation is 2. The molecule has 0 aliphatic carbocycles. The molecule has 0 saturated carbocycles. The fourth-order valence-electron chi connectivity index (χ4n) is 2.62. The van der Waals surface area contributed by atoms with Crippen LogP contribution < -0.4 is 0 Å². The van der Waals surface area contributed by atoms with Gasteiger partial charge in [-0.3, -0.25) is 24.4 Å². The molecule has 0 aliphatic rings. The second-order valence-electron chi connectivity index (χ2n) is 6.39. The number of ether oxygens (including phenoxy) is 3. The molecular weight excluding hydrogens is 400 g/mol. The van der Waals surface area contributed by atoms with Gasteiger partial charge >= 0.3 is 17.9 Å². The van der Waals surface area contributed by atoms with Crippen LogP contribution in [0.5, 0.6) is 0 Å². The van der Waals surface area contributed by atoms with Crippen molar-refractivity contribution in [1.82, 2.24) is 9.97 Å². The second-order valence-corrected chi connectivity index (χ2v) is 6.39. The van der Waals surface area contributed by atoms with Crippen molar-refractivity contribution < 1.29 is 28.6 Å². The summed E-state index contributed by atoms with van der Waals surface area (Å²) in [5, 5.41) is 0. The molecule has 0 unspecified atom stereocenters. The molecule has 0 aromatic carbocycles. The lowest BCUT2D eigenvalue weighted by Gasteiger charge is -2.15. The fourth-order valence-corrected chi connectivity index (χ4v) is 2.62. The summed E-state index contributed by atoms with van der Waals surface area (Å²) in [5.74, 6) is -2.58. The minimum atomic E-state index is -1.11. The lowest BCUT2D eigenvalue weighted by Crippen LogP contribution is -2.27. The van der Waals surface area contributed by atoms with Crippen LogP contribution in [0.2, 0.25) is 0 Å². The van der Waals surface area contributed by atoms with Crippen molar-refractivity contribution in [3.8, 4) is 0 Å². The van der Waals surface area contributed by atoms with Crippen LogP contribution >= 0.6 is 0 Å². The molecule has 31 heavy (non-hydrogen) atoms. The number of hydrogen-bond donors (Lipinski definition) is 0. The van der Waals surface area contributed by atoms with Gasteiger partial charge in [0.2, 0.25) is 0 Å². The van der Waals surface area contributed by atoms with E-state index in [0.29, 0.717) is 12.3 Å². The number of nitrogens with zero attached hydrogens (tertiary/aromatic N) is 2. The maximum Gasteiger partial charge on any atom is 0.326 e. The molecular formula is C23H30N2O6. The molecule has 0 atom stereocenters. The van der Waals surface area contributed by atoms with Crippen molar-refractivity contribution >= 4 is 17.9 Å². The molecule has 0 fully saturated rings. The van der Waals surface area contributed by atoms with Crippen molar-refractivity contribution in [3.63, 3.8) is 0 Å².